The van der Waals surface area contributed by atoms with Crippen LogP contribution in [0.1, 0.15) is 36.0 Å². The highest BCUT2D eigenvalue weighted by Gasteiger charge is 2.53. The first-order valence-electron chi connectivity index (χ1n) is 11.9. The Kier molecular flexibility index (Phi) is 6.37. The third kappa shape index (κ3) is 4.40. The third-order valence-corrected chi connectivity index (χ3v) is 7.15. The van der Waals surface area contributed by atoms with Crippen molar-refractivity contribution in [2.75, 3.05) is 5.32 Å². The van der Waals surface area contributed by atoms with Crippen molar-refractivity contribution in [2.45, 2.75) is 38.0 Å². The molecular formula is C29H26ClN3O3. The number of hydrogen-bond donors (Lipinski definition) is 2. The summed E-state index contributed by atoms with van der Waals surface area (Å²) in [6, 6.07) is 23.5. The molecule has 1 amide bonds. The number of anilines is 1. The van der Waals surface area contributed by atoms with Crippen LogP contribution in [-0.2, 0) is 21.4 Å². The lowest BCUT2D eigenvalue weighted by atomic mass is 9.88. The average molecular weight is 500 g/mol. The molecule has 5 rings (SSSR count). The summed E-state index contributed by atoms with van der Waals surface area (Å²) in [5.74, 6) is -0.715. The molecule has 0 aliphatic heterocycles. The molecule has 1 aliphatic rings. The summed E-state index contributed by atoms with van der Waals surface area (Å²) >= 11 is 6.50. The van der Waals surface area contributed by atoms with Crippen LogP contribution in [0.25, 0.3) is 16.8 Å². The Morgan fingerprint density at radius 2 is 1.69 bits per heavy atom. The molecule has 0 bridgehead atoms. The lowest BCUT2D eigenvalue weighted by Crippen LogP contribution is -2.24. The number of amides is 1. The second-order valence-corrected chi connectivity index (χ2v) is 9.58. The first-order valence-corrected chi connectivity index (χ1v) is 12.3. The zero-order chi connectivity index (χ0) is 25.3. The van der Waals surface area contributed by atoms with Gasteiger partial charge in [0.05, 0.1) is 17.3 Å². The largest absolute Gasteiger partial charge is 0.481 e. The van der Waals surface area contributed by atoms with Crippen molar-refractivity contribution < 1.29 is 14.7 Å². The highest BCUT2D eigenvalue weighted by atomic mass is 35.5. The van der Waals surface area contributed by atoms with Gasteiger partial charge in [0.25, 0.3) is 0 Å². The number of hydrogen-bond acceptors (Lipinski definition) is 3. The van der Waals surface area contributed by atoms with Gasteiger partial charge in [0, 0.05) is 6.42 Å². The smallest absolute Gasteiger partial charge is 0.314 e. The summed E-state index contributed by atoms with van der Waals surface area (Å²) in [4.78, 5) is 25.2. The van der Waals surface area contributed by atoms with Crippen LogP contribution >= 0.6 is 11.6 Å². The second kappa shape index (κ2) is 9.63. The van der Waals surface area contributed by atoms with E-state index in [1.807, 2.05) is 79.7 Å². The van der Waals surface area contributed by atoms with Gasteiger partial charge in [-0.25, -0.2) is 4.68 Å². The molecule has 0 unspecified atom stereocenters. The topological polar surface area (TPSA) is 84.2 Å². The molecule has 1 heterocycles. The number of aliphatic carboxylic acids is 1. The van der Waals surface area contributed by atoms with E-state index >= 15 is 0 Å². The molecule has 0 atom stereocenters. The van der Waals surface area contributed by atoms with Crippen molar-refractivity contribution in [1.82, 2.24) is 9.78 Å². The zero-order valence-electron chi connectivity index (χ0n) is 19.9. The minimum absolute atomic E-state index is 0.194. The standard InChI is InChI=1S/C29H26ClN3O3/c1-19-22(21-10-6-3-7-11-21)13-14-23(29(16-17-29)28(35)36)26(19)33-27(24(30)18-31-33)32-25(34)15-12-20-8-4-2-5-9-20/h2-11,13-14,18H,12,15-17H2,1H3,(H,32,34)(H,35,36). The highest BCUT2D eigenvalue weighted by Crippen LogP contribution is 2.52. The van der Waals surface area contributed by atoms with Gasteiger partial charge in [0.15, 0.2) is 5.82 Å². The Balaban J connectivity index is 1.56. The molecule has 4 aromatic rings. The summed E-state index contributed by atoms with van der Waals surface area (Å²) in [6.45, 7) is 1.95. The van der Waals surface area contributed by atoms with E-state index in [1.165, 1.54) is 6.20 Å². The lowest BCUT2D eigenvalue weighted by Gasteiger charge is -2.22. The molecule has 0 spiro atoms. The highest BCUT2D eigenvalue weighted by molar-refractivity contribution is 6.33. The van der Waals surface area contributed by atoms with E-state index < -0.39 is 11.4 Å². The minimum Gasteiger partial charge on any atom is -0.481 e. The van der Waals surface area contributed by atoms with E-state index in [0.29, 0.717) is 41.4 Å². The molecule has 1 fully saturated rings. The maximum atomic E-state index is 12.9. The number of nitrogens with one attached hydrogen (secondary N) is 1. The number of carboxylic acids is 1. The number of carboxylic acid groups (broad SMARTS) is 1. The van der Waals surface area contributed by atoms with Crippen molar-refractivity contribution >= 4 is 29.3 Å². The Morgan fingerprint density at radius 3 is 2.33 bits per heavy atom. The van der Waals surface area contributed by atoms with E-state index in [9.17, 15) is 14.7 Å². The van der Waals surface area contributed by atoms with Gasteiger partial charge < -0.3 is 10.4 Å². The molecular weight excluding hydrogens is 474 g/mol. The van der Waals surface area contributed by atoms with Crippen LogP contribution in [0.3, 0.4) is 0 Å². The molecule has 1 aromatic heterocycles. The lowest BCUT2D eigenvalue weighted by molar-refractivity contribution is -0.140. The molecule has 7 heteroatoms. The SMILES string of the molecule is Cc1c(-c2ccccc2)ccc(C2(C(=O)O)CC2)c1-n1ncc(Cl)c1NC(=O)CCc1ccccc1. The normalized spacial score (nSPS) is 13.8. The summed E-state index contributed by atoms with van der Waals surface area (Å²) in [5.41, 5.74) is 4.25. The van der Waals surface area contributed by atoms with E-state index in [4.69, 9.17) is 11.6 Å². The summed E-state index contributed by atoms with van der Waals surface area (Å²) < 4.78 is 1.59. The van der Waals surface area contributed by atoms with Gasteiger partial charge in [-0.05, 0) is 54.0 Å². The Hall–Kier alpha value is -3.90. The summed E-state index contributed by atoms with van der Waals surface area (Å²) in [7, 11) is 0. The number of nitrogens with zero attached hydrogens (tertiary/aromatic N) is 2. The first kappa shape index (κ1) is 23.8. The fraction of sp³-hybridized carbons (Fsp3) is 0.207. The second-order valence-electron chi connectivity index (χ2n) is 9.17. The van der Waals surface area contributed by atoms with Crippen LogP contribution in [0, 0.1) is 6.92 Å². The number of rotatable bonds is 8. The van der Waals surface area contributed by atoms with Crippen LogP contribution in [-0.4, -0.2) is 26.8 Å². The van der Waals surface area contributed by atoms with Crippen molar-refractivity contribution in [2.24, 2.45) is 0 Å². The number of carbonyl (C=O) groups is 2. The van der Waals surface area contributed by atoms with Crippen LogP contribution in [0.4, 0.5) is 5.82 Å². The molecule has 2 N–H and O–H groups in total. The molecule has 1 aliphatic carbocycles. The van der Waals surface area contributed by atoms with Gasteiger partial charge in [-0.3, -0.25) is 9.59 Å². The number of benzene rings is 3. The number of aromatic nitrogens is 2. The van der Waals surface area contributed by atoms with Gasteiger partial charge in [0.2, 0.25) is 5.91 Å². The average Bonchev–Trinajstić information content (AvgIpc) is 3.64. The molecule has 0 radical (unpaired) electrons. The van der Waals surface area contributed by atoms with Gasteiger partial charge in [-0.1, -0.05) is 84.4 Å². The van der Waals surface area contributed by atoms with Crippen molar-refractivity contribution in [3.63, 3.8) is 0 Å². The van der Waals surface area contributed by atoms with Gasteiger partial charge in [-0.2, -0.15) is 5.10 Å². The third-order valence-electron chi connectivity index (χ3n) is 6.87. The maximum absolute atomic E-state index is 12.9. The van der Waals surface area contributed by atoms with E-state index in [0.717, 1.165) is 22.3 Å². The predicted molar refractivity (Wildman–Crippen MR) is 141 cm³/mol. The van der Waals surface area contributed by atoms with Crippen molar-refractivity contribution in [3.8, 4) is 16.8 Å². The van der Waals surface area contributed by atoms with Gasteiger partial charge in [0.1, 0.15) is 5.02 Å². The molecule has 182 valence electrons. The minimum atomic E-state index is -0.970. The van der Waals surface area contributed by atoms with Crippen LogP contribution in [0.15, 0.2) is 79.0 Å². The fourth-order valence-electron chi connectivity index (χ4n) is 4.72. The number of halogens is 1. The van der Waals surface area contributed by atoms with Crippen LogP contribution in [0.5, 0.6) is 0 Å². The van der Waals surface area contributed by atoms with Crippen molar-refractivity contribution in [1.29, 1.82) is 0 Å². The fourth-order valence-corrected chi connectivity index (χ4v) is 4.89. The summed E-state index contributed by atoms with van der Waals surface area (Å²) in [5, 5.41) is 17.8. The Labute approximate surface area is 214 Å². The van der Waals surface area contributed by atoms with Crippen molar-refractivity contribution in [3.05, 3.63) is 101 Å². The quantitative estimate of drug-likeness (QED) is 0.303. The molecule has 36 heavy (non-hydrogen) atoms. The Bertz CT molecular complexity index is 1430. The Morgan fingerprint density at radius 1 is 1.03 bits per heavy atom. The molecule has 6 nitrogen and oxygen atoms in total. The van der Waals surface area contributed by atoms with E-state index in [2.05, 4.69) is 10.4 Å². The molecule has 3 aromatic carbocycles. The van der Waals surface area contributed by atoms with Gasteiger partial charge in [-0.15, -0.1) is 0 Å². The summed E-state index contributed by atoms with van der Waals surface area (Å²) in [6.07, 6.45) is 3.45. The molecule has 1 saturated carbocycles. The van der Waals surface area contributed by atoms with Crippen LogP contribution < -0.4 is 5.32 Å². The van der Waals surface area contributed by atoms with Gasteiger partial charge >= 0.3 is 5.97 Å². The zero-order valence-corrected chi connectivity index (χ0v) is 20.6. The molecule has 0 saturated heterocycles. The van der Waals surface area contributed by atoms with Crippen LogP contribution in [0.2, 0.25) is 5.02 Å². The van der Waals surface area contributed by atoms with E-state index in [1.54, 1.807) is 4.68 Å². The monoisotopic (exact) mass is 499 g/mol. The first-order chi connectivity index (χ1) is 17.4. The number of carbonyl (C=O) groups excluding carboxylic acids is 1. The predicted octanol–water partition coefficient (Wildman–Crippen LogP) is 6.19. The van der Waals surface area contributed by atoms with E-state index in [-0.39, 0.29) is 12.3 Å². The number of aryl methyl sites for hydroxylation is 1. The maximum Gasteiger partial charge on any atom is 0.314 e.